The number of rotatable bonds is 4. The molecule has 1 unspecified atom stereocenters. The average Bonchev–Trinajstić information content (AvgIpc) is 2.50. The molecule has 1 saturated heterocycles. The van der Waals surface area contributed by atoms with Gasteiger partial charge in [0.15, 0.2) is 0 Å². The second kappa shape index (κ2) is 5.13. The van der Waals surface area contributed by atoms with Gasteiger partial charge in [-0.1, -0.05) is 0 Å². The van der Waals surface area contributed by atoms with Crippen molar-refractivity contribution in [2.75, 3.05) is 26.2 Å². The molecule has 0 saturated carbocycles. The first-order valence-electron chi connectivity index (χ1n) is 4.57. The second-order valence-corrected chi connectivity index (χ2v) is 3.38. The highest BCUT2D eigenvalue weighted by molar-refractivity contribution is 4.79. The molecule has 0 aromatic carbocycles. The van der Waals surface area contributed by atoms with E-state index in [9.17, 15) is 0 Å². The summed E-state index contributed by atoms with van der Waals surface area (Å²) in [5.74, 6) is 0.661. The van der Waals surface area contributed by atoms with Crippen molar-refractivity contribution in [3.05, 3.63) is 0 Å². The number of aliphatic hydroxyl groups is 1. The van der Waals surface area contributed by atoms with Crippen molar-refractivity contribution >= 4 is 0 Å². The number of hydrogen-bond donors (Lipinski definition) is 1. The molecule has 1 aliphatic heterocycles. The Morgan fingerprint density at radius 1 is 1.58 bits per heavy atom. The molecule has 0 aromatic heterocycles. The molecule has 1 fully saturated rings. The Morgan fingerprint density at radius 3 is 3.08 bits per heavy atom. The van der Waals surface area contributed by atoms with Gasteiger partial charge in [-0.15, -0.1) is 0 Å². The van der Waals surface area contributed by atoms with Gasteiger partial charge in [0, 0.05) is 26.1 Å². The molecular formula is C9H16N2O. The van der Waals surface area contributed by atoms with Crippen molar-refractivity contribution in [1.29, 1.82) is 5.26 Å². The van der Waals surface area contributed by atoms with Gasteiger partial charge >= 0.3 is 0 Å². The molecule has 68 valence electrons. The summed E-state index contributed by atoms with van der Waals surface area (Å²) < 4.78 is 0. The number of aliphatic hydroxyl groups excluding tert-OH is 1. The Kier molecular flexibility index (Phi) is 4.06. The van der Waals surface area contributed by atoms with Gasteiger partial charge in [0.2, 0.25) is 0 Å². The van der Waals surface area contributed by atoms with Gasteiger partial charge in [-0.05, 0) is 25.3 Å². The third-order valence-electron chi connectivity index (χ3n) is 2.45. The first-order valence-corrected chi connectivity index (χ1v) is 4.57. The Labute approximate surface area is 73.6 Å². The monoisotopic (exact) mass is 168 g/mol. The van der Waals surface area contributed by atoms with E-state index < -0.39 is 0 Å². The second-order valence-electron chi connectivity index (χ2n) is 3.38. The van der Waals surface area contributed by atoms with E-state index in [4.69, 9.17) is 10.4 Å². The van der Waals surface area contributed by atoms with E-state index in [1.807, 2.05) is 0 Å². The van der Waals surface area contributed by atoms with Crippen LogP contribution >= 0.6 is 0 Å². The molecule has 3 heteroatoms. The quantitative estimate of drug-likeness (QED) is 0.669. The standard InChI is InChI=1S/C9H16N2O/c10-4-1-5-11-6-2-9(8-11)3-7-12/h9,12H,1-3,5-8H2. The van der Waals surface area contributed by atoms with Crippen LogP contribution in [0.5, 0.6) is 0 Å². The lowest BCUT2D eigenvalue weighted by atomic mass is 10.1. The fourth-order valence-corrected chi connectivity index (χ4v) is 1.74. The Hall–Kier alpha value is -0.590. The minimum absolute atomic E-state index is 0.302. The summed E-state index contributed by atoms with van der Waals surface area (Å²) >= 11 is 0. The number of hydrogen-bond acceptors (Lipinski definition) is 3. The minimum atomic E-state index is 0.302. The highest BCUT2D eigenvalue weighted by Crippen LogP contribution is 2.18. The zero-order valence-electron chi connectivity index (χ0n) is 7.37. The van der Waals surface area contributed by atoms with Crippen LogP contribution in [0.1, 0.15) is 19.3 Å². The number of nitrogens with zero attached hydrogens (tertiary/aromatic N) is 2. The van der Waals surface area contributed by atoms with Crippen molar-refractivity contribution < 1.29 is 5.11 Å². The number of nitriles is 1. The van der Waals surface area contributed by atoms with Crippen molar-refractivity contribution in [2.45, 2.75) is 19.3 Å². The molecule has 0 radical (unpaired) electrons. The van der Waals surface area contributed by atoms with Gasteiger partial charge in [-0.3, -0.25) is 0 Å². The molecule has 3 nitrogen and oxygen atoms in total. The van der Waals surface area contributed by atoms with E-state index in [2.05, 4.69) is 11.0 Å². The van der Waals surface area contributed by atoms with Gasteiger partial charge in [0.25, 0.3) is 0 Å². The van der Waals surface area contributed by atoms with E-state index in [1.54, 1.807) is 0 Å². The molecule has 0 aliphatic carbocycles. The first-order chi connectivity index (χ1) is 5.86. The van der Waals surface area contributed by atoms with E-state index in [1.165, 1.54) is 6.42 Å². The van der Waals surface area contributed by atoms with Crippen molar-refractivity contribution in [3.8, 4) is 6.07 Å². The highest BCUT2D eigenvalue weighted by atomic mass is 16.3. The molecule has 1 rings (SSSR count). The molecule has 12 heavy (non-hydrogen) atoms. The Balaban J connectivity index is 2.13. The van der Waals surface area contributed by atoms with Crippen LogP contribution in [0.4, 0.5) is 0 Å². The van der Waals surface area contributed by atoms with Crippen molar-refractivity contribution in [3.63, 3.8) is 0 Å². The van der Waals surface area contributed by atoms with Crippen LogP contribution in [0.2, 0.25) is 0 Å². The summed E-state index contributed by atoms with van der Waals surface area (Å²) in [4.78, 5) is 2.31. The maximum absolute atomic E-state index is 8.72. The summed E-state index contributed by atoms with van der Waals surface area (Å²) in [7, 11) is 0. The molecule has 1 N–H and O–H groups in total. The summed E-state index contributed by atoms with van der Waals surface area (Å²) in [5, 5.41) is 17.1. The molecule has 0 bridgehead atoms. The molecule has 1 atom stereocenters. The smallest absolute Gasteiger partial charge is 0.0635 e. The van der Waals surface area contributed by atoms with Gasteiger partial charge in [0.05, 0.1) is 6.07 Å². The molecule has 1 heterocycles. The Morgan fingerprint density at radius 2 is 2.42 bits per heavy atom. The van der Waals surface area contributed by atoms with Crippen molar-refractivity contribution in [1.82, 2.24) is 4.90 Å². The van der Waals surface area contributed by atoms with Crippen LogP contribution in [0, 0.1) is 17.2 Å². The lowest BCUT2D eigenvalue weighted by molar-refractivity contribution is 0.252. The summed E-state index contributed by atoms with van der Waals surface area (Å²) in [5.41, 5.74) is 0. The minimum Gasteiger partial charge on any atom is -0.396 e. The predicted molar refractivity (Wildman–Crippen MR) is 46.5 cm³/mol. The zero-order valence-corrected chi connectivity index (χ0v) is 7.37. The van der Waals surface area contributed by atoms with E-state index in [0.29, 0.717) is 18.9 Å². The summed E-state index contributed by atoms with van der Waals surface area (Å²) in [6.07, 6.45) is 2.74. The van der Waals surface area contributed by atoms with E-state index in [-0.39, 0.29) is 0 Å². The zero-order chi connectivity index (χ0) is 8.81. The van der Waals surface area contributed by atoms with Crippen molar-refractivity contribution in [2.24, 2.45) is 5.92 Å². The average molecular weight is 168 g/mol. The van der Waals surface area contributed by atoms with Crippen LogP contribution in [-0.4, -0.2) is 36.2 Å². The summed E-state index contributed by atoms with van der Waals surface area (Å²) in [6.45, 7) is 3.38. The third-order valence-corrected chi connectivity index (χ3v) is 2.45. The highest BCUT2D eigenvalue weighted by Gasteiger charge is 2.20. The van der Waals surface area contributed by atoms with Gasteiger partial charge < -0.3 is 10.0 Å². The summed E-state index contributed by atoms with van der Waals surface area (Å²) in [6, 6.07) is 2.15. The molecule has 0 aromatic rings. The lowest BCUT2D eigenvalue weighted by Gasteiger charge is -2.12. The van der Waals surface area contributed by atoms with Crippen LogP contribution in [0.3, 0.4) is 0 Å². The maximum Gasteiger partial charge on any atom is 0.0635 e. The van der Waals surface area contributed by atoms with Crippen LogP contribution in [0.15, 0.2) is 0 Å². The normalized spacial score (nSPS) is 24.2. The molecule has 0 amide bonds. The molecule has 1 aliphatic rings. The van der Waals surface area contributed by atoms with Gasteiger partial charge in [-0.25, -0.2) is 0 Å². The van der Waals surface area contributed by atoms with Gasteiger partial charge in [-0.2, -0.15) is 5.26 Å². The largest absolute Gasteiger partial charge is 0.396 e. The van der Waals surface area contributed by atoms with Crippen LogP contribution in [-0.2, 0) is 0 Å². The number of likely N-dealkylation sites (tertiary alicyclic amines) is 1. The van der Waals surface area contributed by atoms with Gasteiger partial charge in [0.1, 0.15) is 0 Å². The first kappa shape index (κ1) is 9.50. The molecular weight excluding hydrogens is 152 g/mol. The fraction of sp³-hybridized carbons (Fsp3) is 0.889. The third kappa shape index (κ3) is 2.80. The Bertz CT molecular complexity index is 164. The van der Waals surface area contributed by atoms with E-state index in [0.717, 1.165) is 26.1 Å². The fourth-order valence-electron chi connectivity index (χ4n) is 1.74. The maximum atomic E-state index is 8.72. The predicted octanol–water partition coefficient (Wildman–Crippen LogP) is 0.604. The lowest BCUT2D eigenvalue weighted by Crippen LogP contribution is -2.21. The molecule has 0 spiro atoms. The van der Waals surface area contributed by atoms with Crippen LogP contribution in [0.25, 0.3) is 0 Å². The SMILES string of the molecule is N#CCCN1CCC(CCO)C1. The topological polar surface area (TPSA) is 47.3 Å². The van der Waals surface area contributed by atoms with E-state index >= 15 is 0 Å². The van der Waals surface area contributed by atoms with Crippen LogP contribution < -0.4 is 0 Å².